The Morgan fingerprint density at radius 1 is 0.932 bits per heavy atom. The first-order valence-corrected chi connectivity index (χ1v) is 21.0. The SMILES string of the molecule is COCC[N+](CCOC)=c1ccc2c(C(C)(C)C)cc(/C=C/C=C/C=C3/N(CCCCCC(=O)ON4C(=O)CCC4=O)c4ccc(S(=O)(=O)[O-])cc4C3(C)C)oc-2c1.[Na+]. The van der Waals surface area contributed by atoms with Crippen LogP contribution < -0.4 is 44.4 Å². The Hall–Kier alpha value is -3.89. The van der Waals surface area contributed by atoms with E-state index in [0.717, 1.165) is 39.2 Å². The number of benzene rings is 2. The van der Waals surface area contributed by atoms with Crippen LogP contribution in [0.5, 0.6) is 0 Å². The molecule has 0 aromatic heterocycles. The number of fused-ring (bicyclic) bond motifs is 2. The molecule has 5 rings (SSSR count). The van der Waals surface area contributed by atoms with E-state index in [-0.39, 0.29) is 59.1 Å². The van der Waals surface area contributed by atoms with Crippen LogP contribution in [0.2, 0.25) is 0 Å². The maximum atomic E-state index is 12.3. The first-order chi connectivity index (χ1) is 27.4. The number of carbonyl (C=O) groups is 3. The molecule has 3 heterocycles. The average Bonchev–Trinajstić information content (AvgIpc) is 3.59. The van der Waals surface area contributed by atoms with Crippen molar-refractivity contribution in [3.63, 3.8) is 0 Å². The molecular weight excluding hydrogens is 786 g/mol. The minimum absolute atomic E-state index is 0. The normalized spacial score (nSPS) is 16.2. The molecule has 0 saturated carbocycles. The molecule has 1 aromatic carbocycles. The van der Waals surface area contributed by atoms with Gasteiger partial charge in [0.05, 0.1) is 11.0 Å². The minimum atomic E-state index is -4.67. The van der Waals surface area contributed by atoms with E-state index in [4.69, 9.17) is 18.7 Å². The van der Waals surface area contributed by atoms with Crippen molar-refractivity contribution in [2.24, 2.45) is 0 Å². The number of ether oxygens (including phenoxy) is 2. The van der Waals surface area contributed by atoms with Crippen molar-refractivity contribution in [2.45, 2.75) is 88.9 Å². The van der Waals surface area contributed by atoms with Gasteiger partial charge < -0.3 is 28.2 Å². The Kier molecular flexibility index (Phi) is 16.7. The number of rotatable bonds is 17. The molecule has 0 radical (unpaired) electrons. The summed E-state index contributed by atoms with van der Waals surface area (Å²) in [6, 6.07) is 12.8. The quantitative estimate of drug-likeness (QED) is 0.0492. The van der Waals surface area contributed by atoms with Gasteiger partial charge in [-0.2, -0.15) is 0 Å². The number of hydrogen-bond acceptors (Lipinski definition) is 11. The summed E-state index contributed by atoms with van der Waals surface area (Å²) >= 11 is 0. The Labute approximate surface area is 369 Å². The van der Waals surface area contributed by atoms with Gasteiger partial charge in [0.2, 0.25) is 5.36 Å². The fourth-order valence-corrected chi connectivity index (χ4v) is 7.80. The number of carbonyl (C=O) groups excluding carboxylic acids is 3. The zero-order chi connectivity index (χ0) is 42.3. The van der Waals surface area contributed by atoms with Gasteiger partial charge in [-0.3, -0.25) is 9.59 Å². The second kappa shape index (κ2) is 20.6. The van der Waals surface area contributed by atoms with Gasteiger partial charge >= 0.3 is 35.5 Å². The standard InChI is InChI=1S/C44H55N3O10S.Na/c1-43(2,3)35-29-32(56-38-28-31(17-19-34(35)38)45(24-26-54-6)25-27-55-7)14-10-8-11-15-39-44(4,5)36-30-33(58(51,52)53)18-20-37(36)46(39)23-13-9-12-16-42(50)57-47-40(48)21-22-41(47)49;/h8,10-11,14-15,17-20,28-30H,9,12-13,16,21-27H2,1-7H3;/q;+1. The van der Waals surface area contributed by atoms with Crippen LogP contribution in [0.3, 0.4) is 0 Å². The van der Waals surface area contributed by atoms with Crippen molar-refractivity contribution in [3.8, 4) is 11.3 Å². The third-order valence-corrected chi connectivity index (χ3v) is 11.3. The van der Waals surface area contributed by atoms with E-state index in [1.165, 1.54) is 12.1 Å². The van der Waals surface area contributed by atoms with Crippen molar-refractivity contribution in [1.29, 1.82) is 0 Å². The maximum absolute atomic E-state index is 12.3. The molecule has 13 nitrogen and oxygen atoms in total. The number of unbranched alkanes of at least 4 members (excludes halogenated alkanes) is 2. The van der Waals surface area contributed by atoms with Gasteiger partial charge in [0.25, 0.3) is 11.8 Å². The van der Waals surface area contributed by atoms with Crippen LogP contribution in [0.25, 0.3) is 17.4 Å². The summed E-state index contributed by atoms with van der Waals surface area (Å²) < 4.78 is 55.3. The van der Waals surface area contributed by atoms with E-state index in [0.29, 0.717) is 62.9 Å². The summed E-state index contributed by atoms with van der Waals surface area (Å²) in [6.07, 6.45) is 11.6. The van der Waals surface area contributed by atoms with Gasteiger partial charge in [0, 0.05) is 68.5 Å². The Bertz CT molecular complexity index is 2230. The molecule has 1 saturated heterocycles. The van der Waals surface area contributed by atoms with E-state index in [1.807, 2.05) is 44.2 Å². The fourth-order valence-electron chi connectivity index (χ4n) is 7.30. The van der Waals surface area contributed by atoms with Crippen LogP contribution >= 0.6 is 0 Å². The molecule has 4 aliphatic rings. The fraction of sp³-hybridized carbons (Fsp3) is 0.455. The van der Waals surface area contributed by atoms with Gasteiger partial charge in [-0.05, 0) is 71.9 Å². The van der Waals surface area contributed by atoms with Crippen molar-refractivity contribution in [1.82, 2.24) is 9.64 Å². The summed E-state index contributed by atoms with van der Waals surface area (Å²) in [6.45, 7) is 13.6. The molecule has 1 aliphatic carbocycles. The van der Waals surface area contributed by atoms with Crippen molar-refractivity contribution < 1.29 is 75.6 Å². The van der Waals surface area contributed by atoms with Crippen molar-refractivity contribution in [3.05, 3.63) is 94.7 Å². The number of anilines is 1. The van der Waals surface area contributed by atoms with Crippen LogP contribution in [-0.2, 0) is 49.6 Å². The molecule has 1 aromatic rings. The van der Waals surface area contributed by atoms with E-state index in [2.05, 4.69) is 54.5 Å². The summed E-state index contributed by atoms with van der Waals surface area (Å²) in [5.41, 5.74) is 3.82. The first kappa shape index (κ1) is 47.8. The largest absolute Gasteiger partial charge is 1.00 e. The Balaban J connectivity index is 0.00000769. The zero-order valence-electron chi connectivity index (χ0n) is 35.5. The molecule has 0 N–H and O–H groups in total. The minimum Gasteiger partial charge on any atom is -0.744 e. The van der Waals surface area contributed by atoms with Gasteiger partial charge in [-0.15, -0.1) is 5.06 Å². The van der Waals surface area contributed by atoms with Gasteiger partial charge in [0.1, 0.15) is 34.9 Å². The second-order valence-electron chi connectivity index (χ2n) is 16.0. The maximum Gasteiger partial charge on any atom is 1.00 e. The third kappa shape index (κ3) is 11.9. The molecule has 0 spiro atoms. The van der Waals surface area contributed by atoms with Gasteiger partial charge in [-0.25, -0.2) is 17.8 Å². The van der Waals surface area contributed by atoms with E-state index < -0.39 is 33.3 Å². The zero-order valence-corrected chi connectivity index (χ0v) is 38.4. The summed E-state index contributed by atoms with van der Waals surface area (Å²) in [5.74, 6) is -0.212. The molecule has 0 unspecified atom stereocenters. The van der Waals surface area contributed by atoms with E-state index >= 15 is 0 Å². The monoisotopic (exact) mass is 840 g/mol. The molecule has 15 heteroatoms. The summed E-state index contributed by atoms with van der Waals surface area (Å²) in [5, 5.41) is 1.57. The van der Waals surface area contributed by atoms with Crippen LogP contribution in [0.15, 0.2) is 81.8 Å². The van der Waals surface area contributed by atoms with Crippen LogP contribution in [0, 0.1) is 0 Å². The Morgan fingerprint density at radius 3 is 2.24 bits per heavy atom. The first-order valence-electron chi connectivity index (χ1n) is 19.6. The van der Waals surface area contributed by atoms with Crippen LogP contribution in [-0.4, -0.2) is 82.9 Å². The number of nitrogens with zero attached hydrogens (tertiary/aromatic N) is 3. The molecular formula is C44H55N3NaO10S+. The average molecular weight is 841 g/mol. The van der Waals surface area contributed by atoms with Crippen molar-refractivity contribution >= 4 is 39.7 Å². The number of hydroxylamine groups is 2. The second-order valence-corrected chi connectivity index (χ2v) is 17.4. The number of imide groups is 1. The molecule has 0 bridgehead atoms. The third-order valence-electron chi connectivity index (χ3n) is 10.4. The topological polar surface area (TPSA) is 159 Å². The van der Waals surface area contributed by atoms with E-state index in [9.17, 15) is 27.4 Å². The smallest absolute Gasteiger partial charge is 0.744 e. The van der Waals surface area contributed by atoms with E-state index in [1.54, 1.807) is 20.3 Å². The van der Waals surface area contributed by atoms with Crippen LogP contribution in [0.1, 0.15) is 90.0 Å². The number of methoxy groups -OCH3 is 2. The predicted octanol–water partition coefficient (Wildman–Crippen LogP) is 3.07. The van der Waals surface area contributed by atoms with Crippen LogP contribution in [0.4, 0.5) is 5.69 Å². The van der Waals surface area contributed by atoms with Gasteiger partial charge in [0.15, 0.2) is 13.1 Å². The summed E-state index contributed by atoms with van der Waals surface area (Å²) in [4.78, 5) is 42.7. The van der Waals surface area contributed by atoms with Crippen molar-refractivity contribution in [2.75, 3.05) is 52.0 Å². The molecule has 312 valence electrons. The number of amides is 2. The van der Waals surface area contributed by atoms with Gasteiger partial charge in [-0.1, -0.05) is 59.3 Å². The molecule has 2 amide bonds. The molecule has 0 atom stereocenters. The summed E-state index contributed by atoms with van der Waals surface area (Å²) in [7, 11) is -1.30. The molecule has 3 aliphatic heterocycles. The molecule has 59 heavy (non-hydrogen) atoms. The Morgan fingerprint density at radius 2 is 1.61 bits per heavy atom. The number of hydrogen-bond donors (Lipinski definition) is 0. The molecule has 1 fully saturated rings. The number of allylic oxidation sites excluding steroid dienone is 5. The predicted molar refractivity (Wildman–Crippen MR) is 219 cm³/mol.